The van der Waals surface area contributed by atoms with Crippen LogP contribution in [-0.2, 0) is 0 Å². The van der Waals surface area contributed by atoms with Gasteiger partial charge in [0.1, 0.15) is 5.58 Å². The van der Waals surface area contributed by atoms with Crippen molar-refractivity contribution in [1.29, 1.82) is 0 Å². The van der Waals surface area contributed by atoms with E-state index in [4.69, 9.17) is 4.42 Å². The van der Waals surface area contributed by atoms with Gasteiger partial charge in [0.2, 0.25) is 0 Å². The number of rotatable bonds is 5. The molecule has 0 radical (unpaired) electrons. The van der Waals surface area contributed by atoms with E-state index in [2.05, 4.69) is 186 Å². The molecule has 236 valence electrons. The molecule has 10 rings (SSSR count). The normalized spacial score (nSPS) is 12.4. The van der Waals surface area contributed by atoms with Crippen LogP contribution in [0.3, 0.4) is 0 Å². The van der Waals surface area contributed by atoms with Crippen molar-refractivity contribution in [3.63, 3.8) is 0 Å². The molecule has 0 unspecified atom stereocenters. The molecule has 3 heteroatoms. The largest absolute Gasteiger partial charge is 0.454 e. The summed E-state index contributed by atoms with van der Waals surface area (Å²) in [5.41, 5.74) is 10.0. The SMILES string of the molecule is C1=Cc2oc3ccc(-c4ccc(N(c5ccc(-c6ccccc6)cc5)c5cc6c7ccccc7ccc6c6ccccc56)cc4)cc3c2NC1. The number of benzene rings is 8. The zero-order chi connectivity index (χ0) is 33.0. The van der Waals surface area contributed by atoms with Crippen LogP contribution in [0.1, 0.15) is 5.76 Å². The molecular formula is C47H32N2O. The lowest BCUT2D eigenvalue weighted by Crippen LogP contribution is -2.10. The summed E-state index contributed by atoms with van der Waals surface area (Å²) in [7, 11) is 0. The van der Waals surface area contributed by atoms with Crippen molar-refractivity contribution < 1.29 is 4.42 Å². The molecule has 0 saturated carbocycles. The van der Waals surface area contributed by atoms with Gasteiger partial charge in [0.15, 0.2) is 5.76 Å². The lowest BCUT2D eigenvalue weighted by Gasteiger charge is -2.28. The van der Waals surface area contributed by atoms with Gasteiger partial charge in [0, 0.05) is 28.7 Å². The molecule has 0 spiro atoms. The second kappa shape index (κ2) is 11.5. The third-order valence-corrected chi connectivity index (χ3v) is 10.1. The first-order valence-electron chi connectivity index (χ1n) is 17.1. The van der Waals surface area contributed by atoms with E-state index in [9.17, 15) is 0 Å². The van der Waals surface area contributed by atoms with Gasteiger partial charge in [-0.15, -0.1) is 0 Å². The Morgan fingerprint density at radius 1 is 0.460 bits per heavy atom. The van der Waals surface area contributed by atoms with Gasteiger partial charge in [-0.3, -0.25) is 0 Å². The van der Waals surface area contributed by atoms with Gasteiger partial charge >= 0.3 is 0 Å². The van der Waals surface area contributed by atoms with Crippen molar-refractivity contribution in [3.8, 4) is 22.3 Å². The molecule has 1 aromatic heterocycles. The molecule has 50 heavy (non-hydrogen) atoms. The van der Waals surface area contributed by atoms with Crippen molar-refractivity contribution in [2.75, 3.05) is 16.8 Å². The highest BCUT2D eigenvalue weighted by Crippen LogP contribution is 2.44. The Morgan fingerprint density at radius 3 is 1.86 bits per heavy atom. The van der Waals surface area contributed by atoms with Crippen molar-refractivity contribution in [2.24, 2.45) is 0 Å². The van der Waals surface area contributed by atoms with Crippen molar-refractivity contribution in [2.45, 2.75) is 0 Å². The topological polar surface area (TPSA) is 28.4 Å². The van der Waals surface area contributed by atoms with Gasteiger partial charge in [-0.25, -0.2) is 0 Å². The van der Waals surface area contributed by atoms with Crippen molar-refractivity contribution in [1.82, 2.24) is 0 Å². The first-order valence-corrected chi connectivity index (χ1v) is 17.1. The highest BCUT2D eigenvalue weighted by molar-refractivity contribution is 6.21. The maximum absolute atomic E-state index is 6.10. The Morgan fingerprint density at radius 2 is 1.08 bits per heavy atom. The molecule has 1 aliphatic rings. The molecule has 3 nitrogen and oxygen atoms in total. The monoisotopic (exact) mass is 640 g/mol. The molecule has 0 saturated heterocycles. The van der Waals surface area contributed by atoms with Crippen LogP contribution in [0.15, 0.2) is 174 Å². The van der Waals surface area contributed by atoms with E-state index in [-0.39, 0.29) is 0 Å². The molecule has 0 aliphatic carbocycles. The first-order chi connectivity index (χ1) is 24.8. The molecule has 9 aromatic rings. The first kappa shape index (κ1) is 28.4. The standard InChI is InChI=1S/C47H32N2O/c1-2-9-31(10-3-1)32-16-22-36(23-17-32)49(44-30-42-38-12-5-4-11-34(38)20-26-40(42)39-13-6-7-14-41(39)44)37-24-18-33(19-25-37)35-21-27-45-43(29-35)47-46(50-45)15-8-28-48-47/h1-27,29-30,48H,28H2. The Labute approximate surface area is 290 Å². The van der Waals surface area contributed by atoms with E-state index in [0.717, 1.165) is 57.2 Å². The minimum absolute atomic E-state index is 0.808. The molecule has 1 aliphatic heterocycles. The summed E-state index contributed by atoms with van der Waals surface area (Å²) in [5, 5.41) is 12.1. The summed E-state index contributed by atoms with van der Waals surface area (Å²) in [6.45, 7) is 0.808. The van der Waals surface area contributed by atoms with E-state index >= 15 is 0 Å². The minimum atomic E-state index is 0.808. The molecule has 0 bridgehead atoms. The molecule has 0 amide bonds. The summed E-state index contributed by atoms with van der Waals surface area (Å²) in [6, 6.07) is 59.4. The Balaban J connectivity index is 1.15. The highest BCUT2D eigenvalue weighted by atomic mass is 16.3. The van der Waals surface area contributed by atoms with Crippen LogP contribution < -0.4 is 10.2 Å². The van der Waals surface area contributed by atoms with E-state index in [1.54, 1.807) is 0 Å². The zero-order valence-corrected chi connectivity index (χ0v) is 27.3. The lowest BCUT2D eigenvalue weighted by atomic mass is 9.95. The van der Waals surface area contributed by atoms with Gasteiger partial charge in [0.05, 0.1) is 11.4 Å². The maximum Gasteiger partial charge on any atom is 0.151 e. The second-order valence-electron chi connectivity index (χ2n) is 13.0. The van der Waals surface area contributed by atoms with E-state index < -0.39 is 0 Å². The fraction of sp³-hybridized carbons (Fsp3) is 0.0213. The quantitative estimate of drug-likeness (QED) is 0.190. The molecule has 1 N–H and O–H groups in total. The van der Waals surface area contributed by atoms with E-state index in [1.807, 2.05) is 0 Å². The summed E-state index contributed by atoms with van der Waals surface area (Å²) < 4.78 is 6.10. The van der Waals surface area contributed by atoms with Crippen LogP contribution in [0.5, 0.6) is 0 Å². The molecule has 2 heterocycles. The van der Waals surface area contributed by atoms with Gasteiger partial charge in [-0.2, -0.15) is 0 Å². The molecular weight excluding hydrogens is 609 g/mol. The lowest BCUT2D eigenvalue weighted by molar-refractivity contribution is 0.604. The number of hydrogen-bond acceptors (Lipinski definition) is 3. The van der Waals surface area contributed by atoms with Gasteiger partial charge in [-0.05, 0) is 97.7 Å². The predicted octanol–water partition coefficient (Wildman–Crippen LogP) is 13.1. The van der Waals surface area contributed by atoms with Crippen molar-refractivity contribution in [3.05, 3.63) is 176 Å². The number of anilines is 4. The van der Waals surface area contributed by atoms with Gasteiger partial charge in [0.25, 0.3) is 0 Å². The third-order valence-electron chi connectivity index (χ3n) is 10.1. The van der Waals surface area contributed by atoms with Crippen LogP contribution in [0.25, 0.3) is 71.6 Å². The van der Waals surface area contributed by atoms with Crippen LogP contribution >= 0.6 is 0 Å². The zero-order valence-electron chi connectivity index (χ0n) is 27.3. The molecule has 0 atom stereocenters. The second-order valence-corrected chi connectivity index (χ2v) is 13.0. The summed E-state index contributed by atoms with van der Waals surface area (Å²) in [4.78, 5) is 2.41. The van der Waals surface area contributed by atoms with Gasteiger partial charge < -0.3 is 14.6 Å². The summed E-state index contributed by atoms with van der Waals surface area (Å²) in [6.07, 6.45) is 4.15. The number of furan rings is 1. The number of nitrogens with zero attached hydrogens (tertiary/aromatic N) is 1. The Bertz CT molecular complexity index is 2740. The Hall–Kier alpha value is -6.58. The Kier molecular flexibility index (Phi) is 6.56. The summed E-state index contributed by atoms with van der Waals surface area (Å²) in [5.74, 6) is 0.892. The van der Waals surface area contributed by atoms with Crippen LogP contribution in [0.2, 0.25) is 0 Å². The number of fused-ring (bicyclic) bond motifs is 8. The third kappa shape index (κ3) is 4.67. The fourth-order valence-electron chi connectivity index (χ4n) is 7.61. The average molecular weight is 641 g/mol. The summed E-state index contributed by atoms with van der Waals surface area (Å²) >= 11 is 0. The number of hydrogen-bond donors (Lipinski definition) is 1. The van der Waals surface area contributed by atoms with Crippen LogP contribution in [0.4, 0.5) is 22.7 Å². The molecule has 8 aromatic carbocycles. The predicted molar refractivity (Wildman–Crippen MR) is 212 cm³/mol. The molecule has 0 fully saturated rings. The fourth-order valence-corrected chi connectivity index (χ4v) is 7.61. The van der Waals surface area contributed by atoms with E-state index in [0.29, 0.717) is 0 Å². The minimum Gasteiger partial charge on any atom is -0.454 e. The highest BCUT2D eigenvalue weighted by Gasteiger charge is 2.19. The van der Waals surface area contributed by atoms with Crippen LogP contribution in [0, 0.1) is 0 Å². The maximum atomic E-state index is 6.10. The van der Waals surface area contributed by atoms with E-state index in [1.165, 1.54) is 43.4 Å². The van der Waals surface area contributed by atoms with Gasteiger partial charge in [-0.1, -0.05) is 127 Å². The smallest absolute Gasteiger partial charge is 0.151 e. The van der Waals surface area contributed by atoms with Crippen molar-refractivity contribution >= 4 is 72.1 Å². The number of nitrogens with one attached hydrogen (secondary N) is 1. The average Bonchev–Trinajstić information content (AvgIpc) is 3.57. The van der Waals surface area contributed by atoms with Crippen LogP contribution in [-0.4, -0.2) is 6.54 Å².